The fourth-order valence-electron chi connectivity index (χ4n) is 2.26. The van der Waals surface area contributed by atoms with Crippen molar-refractivity contribution in [2.24, 2.45) is 0 Å². The van der Waals surface area contributed by atoms with E-state index in [2.05, 4.69) is 25.8 Å². The van der Waals surface area contributed by atoms with Crippen LogP contribution in [0.1, 0.15) is 11.1 Å². The number of nitrogens with one attached hydrogen (secondary N) is 2. The van der Waals surface area contributed by atoms with Gasteiger partial charge in [-0.3, -0.25) is 0 Å². The van der Waals surface area contributed by atoms with Crippen LogP contribution in [0, 0.1) is 6.92 Å². The van der Waals surface area contributed by atoms with Gasteiger partial charge in [0, 0.05) is 10.7 Å². The Bertz CT molecular complexity index is 930. The van der Waals surface area contributed by atoms with Crippen LogP contribution in [0.25, 0.3) is 0 Å². The Kier molecular flexibility index (Phi) is 4.94. The summed E-state index contributed by atoms with van der Waals surface area (Å²) in [6, 6.07) is 10.4. The average molecular weight is 380 g/mol. The summed E-state index contributed by atoms with van der Waals surface area (Å²) < 4.78 is 39.2. The monoisotopic (exact) mass is 379 g/mol. The van der Waals surface area contributed by atoms with E-state index >= 15 is 0 Å². The van der Waals surface area contributed by atoms with Crippen molar-refractivity contribution in [2.45, 2.75) is 13.1 Å². The molecule has 0 saturated heterocycles. The Labute approximate surface area is 152 Å². The third-order valence-corrected chi connectivity index (χ3v) is 3.98. The highest BCUT2D eigenvalue weighted by molar-refractivity contribution is 6.31. The number of nitrogens with zero attached hydrogens (tertiary/aromatic N) is 3. The molecular weight excluding hydrogens is 367 g/mol. The molecule has 5 nitrogen and oxygen atoms in total. The van der Waals surface area contributed by atoms with Crippen LogP contribution in [-0.4, -0.2) is 15.2 Å². The molecule has 1 aromatic heterocycles. The van der Waals surface area contributed by atoms with Crippen LogP contribution in [0.3, 0.4) is 0 Å². The summed E-state index contributed by atoms with van der Waals surface area (Å²) in [5.74, 6) is 0.253. The van der Waals surface area contributed by atoms with Crippen LogP contribution in [0.5, 0.6) is 0 Å². The van der Waals surface area contributed by atoms with E-state index in [9.17, 15) is 13.2 Å². The van der Waals surface area contributed by atoms with E-state index in [0.29, 0.717) is 16.5 Å². The molecule has 0 spiro atoms. The zero-order valence-corrected chi connectivity index (χ0v) is 14.2. The van der Waals surface area contributed by atoms with Gasteiger partial charge in [-0.25, -0.2) is 0 Å². The van der Waals surface area contributed by atoms with E-state index in [-0.39, 0.29) is 11.6 Å². The van der Waals surface area contributed by atoms with Crippen molar-refractivity contribution in [3.8, 4) is 0 Å². The molecule has 0 unspecified atom stereocenters. The maximum absolute atomic E-state index is 13.1. The predicted molar refractivity (Wildman–Crippen MR) is 94.0 cm³/mol. The average Bonchev–Trinajstić information content (AvgIpc) is 2.59. The van der Waals surface area contributed by atoms with Crippen molar-refractivity contribution < 1.29 is 13.2 Å². The van der Waals surface area contributed by atoms with Crippen molar-refractivity contribution in [3.63, 3.8) is 0 Å². The molecule has 2 N–H and O–H groups in total. The molecule has 3 aromatic rings. The van der Waals surface area contributed by atoms with Gasteiger partial charge >= 0.3 is 6.18 Å². The van der Waals surface area contributed by atoms with Crippen LogP contribution in [0.4, 0.5) is 36.3 Å². The number of hydrogen-bond donors (Lipinski definition) is 2. The topological polar surface area (TPSA) is 62.7 Å². The predicted octanol–water partition coefficient (Wildman–Crippen LogP) is 5.34. The van der Waals surface area contributed by atoms with Gasteiger partial charge in [0.05, 0.1) is 17.4 Å². The minimum Gasteiger partial charge on any atom is -0.339 e. The summed E-state index contributed by atoms with van der Waals surface area (Å²) in [6.45, 7) is 1.83. The van der Waals surface area contributed by atoms with Gasteiger partial charge in [-0.2, -0.15) is 23.3 Å². The molecule has 3 rings (SSSR count). The molecule has 0 bridgehead atoms. The molecule has 1 heterocycles. The van der Waals surface area contributed by atoms with Crippen LogP contribution < -0.4 is 10.6 Å². The van der Waals surface area contributed by atoms with E-state index in [1.165, 1.54) is 24.4 Å². The first-order valence-electron chi connectivity index (χ1n) is 7.49. The lowest BCUT2D eigenvalue weighted by Crippen LogP contribution is -2.10. The molecule has 0 atom stereocenters. The van der Waals surface area contributed by atoms with Crippen molar-refractivity contribution >= 4 is 34.7 Å². The summed E-state index contributed by atoms with van der Waals surface area (Å²) in [5.41, 5.74) is 0.551. The van der Waals surface area contributed by atoms with Gasteiger partial charge in [0.2, 0.25) is 5.95 Å². The Morgan fingerprint density at radius 3 is 2.46 bits per heavy atom. The Morgan fingerprint density at radius 1 is 0.962 bits per heavy atom. The Hall–Kier alpha value is -2.87. The van der Waals surface area contributed by atoms with Gasteiger partial charge in [-0.1, -0.05) is 29.8 Å². The number of rotatable bonds is 4. The molecule has 0 saturated carbocycles. The standard InChI is InChI=1S/C17H13ClF3N5/c1-10-12(18)6-4-8-13(10)23-15-9-22-26-16(25-15)24-14-7-3-2-5-11(14)17(19,20)21/h2-9H,1H3,(H2,23,24,25,26). The summed E-state index contributed by atoms with van der Waals surface area (Å²) >= 11 is 6.07. The fourth-order valence-corrected chi connectivity index (χ4v) is 2.43. The lowest BCUT2D eigenvalue weighted by molar-refractivity contribution is -0.136. The zero-order chi connectivity index (χ0) is 18.7. The third kappa shape index (κ3) is 4.02. The SMILES string of the molecule is Cc1c(Cl)cccc1Nc1cnnc(Nc2ccccc2C(F)(F)F)n1. The fraction of sp³-hybridized carbons (Fsp3) is 0.118. The molecule has 0 fully saturated rings. The van der Waals surface area contributed by atoms with E-state index in [1.807, 2.05) is 6.92 Å². The number of aromatic nitrogens is 3. The first-order valence-corrected chi connectivity index (χ1v) is 7.87. The van der Waals surface area contributed by atoms with Crippen LogP contribution in [0.2, 0.25) is 5.02 Å². The second-order valence-corrected chi connectivity index (χ2v) is 5.78. The molecular formula is C17H13ClF3N5. The van der Waals surface area contributed by atoms with Crippen molar-refractivity contribution in [2.75, 3.05) is 10.6 Å². The van der Waals surface area contributed by atoms with E-state index < -0.39 is 11.7 Å². The molecule has 9 heteroatoms. The minimum absolute atomic E-state index is 0.0635. The number of anilines is 4. The summed E-state index contributed by atoms with van der Waals surface area (Å²) in [6.07, 6.45) is -3.13. The molecule has 0 aliphatic carbocycles. The number of para-hydroxylation sites is 1. The first-order chi connectivity index (χ1) is 12.3. The molecule has 2 aromatic carbocycles. The number of halogens is 4. The van der Waals surface area contributed by atoms with Crippen molar-refractivity contribution in [1.82, 2.24) is 15.2 Å². The lowest BCUT2D eigenvalue weighted by atomic mass is 10.1. The van der Waals surface area contributed by atoms with E-state index in [0.717, 1.165) is 11.6 Å². The minimum atomic E-state index is -4.50. The molecule has 0 aliphatic heterocycles. The highest BCUT2D eigenvalue weighted by Gasteiger charge is 2.33. The second-order valence-electron chi connectivity index (χ2n) is 5.37. The van der Waals surface area contributed by atoms with Crippen molar-refractivity contribution in [1.29, 1.82) is 0 Å². The normalized spacial score (nSPS) is 11.3. The maximum Gasteiger partial charge on any atom is 0.418 e. The van der Waals surface area contributed by atoms with Gasteiger partial charge in [0.25, 0.3) is 0 Å². The second kappa shape index (κ2) is 7.17. The van der Waals surface area contributed by atoms with Gasteiger partial charge in [0.1, 0.15) is 0 Å². The summed E-state index contributed by atoms with van der Waals surface area (Å²) in [5, 5.41) is 13.7. The lowest BCUT2D eigenvalue weighted by Gasteiger charge is -2.14. The van der Waals surface area contributed by atoms with Gasteiger partial charge < -0.3 is 10.6 Å². The maximum atomic E-state index is 13.1. The van der Waals surface area contributed by atoms with Gasteiger partial charge in [-0.15, -0.1) is 5.10 Å². The smallest absolute Gasteiger partial charge is 0.339 e. The summed E-state index contributed by atoms with van der Waals surface area (Å²) in [4.78, 5) is 4.15. The number of benzene rings is 2. The number of alkyl halides is 3. The highest BCUT2D eigenvalue weighted by Crippen LogP contribution is 2.35. The zero-order valence-electron chi connectivity index (χ0n) is 13.5. The van der Waals surface area contributed by atoms with E-state index in [1.54, 1.807) is 18.2 Å². The quantitative estimate of drug-likeness (QED) is 0.640. The molecule has 0 amide bonds. The largest absolute Gasteiger partial charge is 0.418 e. The highest BCUT2D eigenvalue weighted by atomic mass is 35.5. The van der Waals surface area contributed by atoms with Crippen LogP contribution in [0.15, 0.2) is 48.7 Å². The Balaban J connectivity index is 1.86. The first kappa shape index (κ1) is 17.9. The number of hydrogen-bond acceptors (Lipinski definition) is 5. The summed E-state index contributed by atoms with van der Waals surface area (Å²) in [7, 11) is 0. The molecule has 134 valence electrons. The van der Waals surface area contributed by atoms with Gasteiger partial charge in [-0.05, 0) is 36.8 Å². The van der Waals surface area contributed by atoms with E-state index in [4.69, 9.17) is 11.6 Å². The van der Waals surface area contributed by atoms with Gasteiger partial charge in [0.15, 0.2) is 5.82 Å². The molecule has 26 heavy (non-hydrogen) atoms. The Morgan fingerprint density at radius 2 is 1.69 bits per heavy atom. The van der Waals surface area contributed by atoms with Crippen molar-refractivity contribution in [3.05, 3.63) is 64.8 Å². The third-order valence-electron chi connectivity index (χ3n) is 3.57. The van der Waals surface area contributed by atoms with Crippen LogP contribution >= 0.6 is 11.6 Å². The molecule has 0 radical (unpaired) electrons. The van der Waals surface area contributed by atoms with Crippen LogP contribution in [-0.2, 0) is 6.18 Å². The molecule has 0 aliphatic rings.